The predicted octanol–water partition coefficient (Wildman–Crippen LogP) is 10.9. The van der Waals surface area contributed by atoms with Crippen molar-refractivity contribution in [2.24, 2.45) is 5.73 Å². The summed E-state index contributed by atoms with van der Waals surface area (Å²) < 4.78 is 16.9. The third kappa shape index (κ3) is 30.3. The van der Waals surface area contributed by atoms with Crippen LogP contribution in [0.5, 0.6) is 0 Å². The average molecular weight is 858 g/mol. The Bertz CT molecular complexity index is 926. The number of carbonyl (C=O) groups excluding carboxylic acids is 1. The number of carbonyl (C=O) groups is 1. The maximum atomic E-state index is 13.0. The van der Waals surface area contributed by atoms with Crippen LogP contribution in [0.25, 0.3) is 0 Å². The molecule has 0 aliphatic carbocycles. The lowest BCUT2D eigenvalue weighted by Crippen LogP contribution is -2.60. The number of aliphatic hydroxyl groups excluding tert-OH is 5. The van der Waals surface area contributed by atoms with Crippen molar-refractivity contribution in [2.75, 3.05) is 13.2 Å². The van der Waals surface area contributed by atoms with Crippen molar-refractivity contribution in [3.63, 3.8) is 0 Å². The molecular formula is C50H99NO9. The molecule has 0 spiro atoms. The maximum absolute atomic E-state index is 13.0. The number of hydrogen-bond acceptors (Lipinski definition) is 10. The van der Waals surface area contributed by atoms with Gasteiger partial charge >= 0.3 is 5.97 Å². The topological polar surface area (TPSA) is 172 Å². The van der Waals surface area contributed by atoms with Gasteiger partial charge in [-0.2, -0.15) is 0 Å². The second-order valence-electron chi connectivity index (χ2n) is 18.4. The number of ether oxygens (including phenoxy) is 3. The highest BCUT2D eigenvalue weighted by Gasteiger charge is 2.44. The van der Waals surface area contributed by atoms with Crippen molar-refractivity contribution in [3.8, 4) is 0 Å². The number of unbranched alkanes of at least 4 members (excludes halogenated alkanes) is 33. The van der Waals surface area contributed by atoms with Gasteiger partial charge in [0.25, 0.3) is 0 Å². The first kappa shape index (κ1) is 57.2. The summed E-state index contributed by atoms with van der Waals surface area (Å²) in [7, 11) is 0. The van der Waals surface area contributed by atoms with Crippen LogP contribution in [0.3, 0.4) is 0 Å². The standard InChI is InChI=1S/C50H99NO9/c1-3-5-7-9-11-13-15-17-18-19-20-21-22-23-24-25-26-27-29-31-33-35-37-39-45(53)59-43(38-36-34-32-30-28-16-14-12-10-8-6-4-2)46(54)42(51)41-58-50-49(57)48(56)47(55)44(40-52)60-50/h42-44,46-50,52,54-57H,3-41,51H2,1-2H3/t42-,43+,44+,46-,47-,48-,49+,50-/m0/s1. The highest BCUT2D eigenvalue weighted by Crippen LogP contribution is 2.24. The SMILES string of the molecule is CCCCCCCCCCCCCCCCCCCCCCCCCC(=O)O[C@H](CCCCCCCCCCCCCC)[C@@H](O)[C@@H](N)CO[C@H]1O[C@H](CO)[C@H](O)[C@H](O)[C@H]1O. The molecule has 0 aromatic heterocycles. The molecule has 0 unspecified atom stereocenters. The van der Waals surface area contributed by atoms with Gasteiger partial charge in [0.1, 0.15) is 36.6 Å². The van der Waals surface area contributed by atoms with Crippen molar-refractivity contribution < 1.29 is 44.5 Å². The van der Waals surface area contributed by atoms with Gasteiger partial charge in [-0.15, -0.1) is 0 Å². The van der Waals surface area contributed by atoms with E-state index in [9.17, 15) is 30.3 Å². The smallest absolute Gasteiger partial charge is 0.306 e. The van der Waals surface area contributed by atoms with E-state index in [0.29, 0.717) is 12.8 Å². The second-order valence-corrected chi connectivity index (χ2v) is 18.4. The number of aliphatic hydroxyl groups is 5. The van der Waals surface area contributed by atoms with Gasteiger partial charge < -0.3 is 45.5 Å². The van der Waals surface area contributed by atoms with E-state index in [1.54, 1.807) is 0 Å². The quantitative estimate of drug-likeness (QED) is 0.0256. The molecule has 1 rings (SSSR count). The van der Waals surface area contributed by atoms with Crippen LogP contribution in [0, 0.1) is 0 Å². The lowest BCUT2D eigenvalue weighted by Gasteiger charge is -2.40. The maximum Gasteiger partial charge on any atom is 0.306 e. The van der Waals surface area contributed by atoms with Crippen LogP contribution in [-0.2, 0) is 19.0 Å². The fourth-order valence-electron chi connectivity index (χ4n) is 8.55. The molecule has 0 bridgehead atoms. The first-order valence-corrected chi connectivity index (χ1v) is 25.8. The van der Waals surface area contributed by atoms with Gasteiger partial charge in [-0.25, -0.2) is 0 Å². The van der Waals surface area contributed by atoms with Crippen molar-refractivity contribution >= 4 is 5.97 Å². The van der Waals surface area contributed by atoms with Crippen LogP contribution < -0.4 is 5.73 Å². The molecule has 8 atom stereocenters. The molecule has 0 radical (unpaired) electrons. The van der Waals surface area contributed by atoms with E-state index >= 15 is 0 Å². The Morgan fingerprint density at radius 1 is 0.533 bits per heavy atom. The summed E-state index contributed by atoms with van der Waals surface area (Å²) in [5.41, 5.74) is 6.32. The van der Waals surface area contributed by atoms with Crippen LogP contribution in [-0.4, -0.2) is 93.7 Å². The Balaban J connectivity index is 2.26. The van der Waals surface area contributed by atoms with Crippen molar-refractivity contribution in [3.05, 3.63) is 0 Å². The van der Waals surface area contributed by atoms with E-state index in [0.717, 1.165) is 38.5 Å². The van der Waals surface area contributed by atoms with E-state index in [4.69, 9.17) is 19.9 Å². The molecule has 1 aliphatic heterocycles. The molecule has 10 nitrogen and oxygen atoms in total. The molecule has 1 saturated heterocycles. The molecule has 1 heterocycles. The molecule has 0 aromatic rings. The van der Waals surface area contributed by atoms with E-state index in [1.165, 1.54) is 186 Å². The highest BCUT2D eigenvalue weighted by atomic mass is 16.7. The van der Waals surface area contributed by atoms with E-state index in [2.05, 4.69) is 13.8 Å². The second kappa shape index (κ2) is 40.9. The van der Waals surface area contributed by atoms with Gasteiger partial charge in [0, 0.05) is 6.42 Å². The number of nitrogens with two attached hydrogens (primary N) is 1. The van der Waals surface area contributed by atoms with Crippen LogP contribution in [0.15, 0.2) is 0 Å². The molecule has 10 heteroatoms. The Morgan fingerprint density at radius 2 is 0.883 bits per heavy atom. The van der Waals surface area contributed by atoms with E-state index in [1.807, 2.05) is 0 Å². The predicted molar refractivity (Wildman–Crippen MR) is 246 cm³/mol. The Kier molecular flexibility index (Phi) is 39.0. The van der Waals surface area contributed by atoms with E-state index in [-0.39, 0.29) is 12.6 Å². The molecule has 1 aliphatic rings. The number of hydrogen-bond donors (Lipinski definition) is 6. The van der Waals surface area contributed by atoms with Crippen LogP contribution in [0.1, 0.15) is 251 Å². The summed E-state index contributed by atoms with van der Waals surface area (Å²) in [6.07, 6.45) is 36.6. The van der Waals surface area contributed by atoms with Gasteiger partial charge in [-0.3, -0.25) is 4.79 Å². The third-order valence-electron chi connectivity index (χ3n) is 12.7. The number of esters is 1. The van der Waals surface area contributed by atoms with Gasteiger partial charge in [0.05, 0.1) is 19.3 Å². The minimum Gasteiger partial charge on any atom is -0.460 e. The zero-order chi connectivity index (χ0) is 43.9. The normalized spacial score (nSPS) is 21.0. The molecular weight excluding hydrogens is 759 g/mol. The molecule has 358 valence electrons. The van der Waals surface area contributed by atoms with Gasteiger partial charge in [-0.1, -0.05) is 226 Å². The molecule has 7 N–H and O–H groups in total. The minimum absolute atomic E-state index is 0.254. The van der Waals surface area contributed by atoms with Crippen molar-refractivity contribution in [1.29, 1.82) is 0 Å². The fraction of sp³-hybridized carbons (Fsp3) is 0.980. The molecule has 0 amide bonds. The van der Waals surface area contributed by atoms with Crippen LogP contribution in [0.4, 0.5) is 0 Å². The molecule has 0 aromatic carbocycles. The Hall–Kier alpha value is -0.850. The molecule has 1 fully saturated rings. The fourth-order valence-corrected chi connectivity index (χ4v) is 8.55. The minimum atomic E-state index is -1.57. The van der Waals surface area contributed by atoms with E-state index < -0.39 is 55.6 Å². The number of rotatable bonds is 44. The zero-order valence-corrected chi connectivity index (χ0v) is 39.1. The van der Waals surface area contributed by atoms with Crippen molar-refractivity contribution in [2.45, 2.75) is 300 Å². The van der Waals surface area contributed by atoms with Gasteiger partial charge in [0.2, 0.25) is 0 Å². The zero-order valence-electron chi connectivity index (χ0n) is 39.1. The first-order chi connectivity index (χ1) is 29.3. The summed E-state index contributed by atoms with van der Waals surface area (Å²) in [6, 6.07) is -0.966. The highest BCUT2D eigenvalue weighted by molar-refractivity contribution is 5.69. The summed E-state index contributed by atoms with van der Waals surface area (Å²) in [5, 5.41) is 51.2. The largest absolute Gasteiger partial charge is 0.460 e. The summed E-state index contributed by atoms with van der Waals surface area (Å²) in [4.78, 5) is 13.0. The summed E-state index contributed by atoms with van der Waals surface area (Å²) in [6.45, 7) is 3.70. The summed E-state index contributed by atoms with van der Waals surface area (Å²) >= 11 is 0. The van der Waals surface area contributed by atoms with Crippen LogP contribution >= 0.6 is 0 Å². The summed E-state index contributed by atoms with van der Waals surface area (Å²) in [5.74, 6) is -0.330. The Labute approximate surface area is 368 Å². The van der Waals surface area contributed by atoms with Crippen LogP contribution in [0.2, 0.25) is 0 Å². The third-order valence-corrected chi connectivity index (χ3v) is 12.7. The van der Waals surface area contributed by atoms with Crippen molar-refractivity contribution in [1.82, 2.24) is 0 Å². The molecule has 0 saturated carbocycles. The average Bonchev–Trinajstić information content (AvgIpc) is 3.25. The molecule has 60 heavy (non-hydrogen) atoms. The van der Waals surface area contributed by atoms with Gasteiger partial charge in [0.15, 0.2) is 6.29 Å². The lowest BCUT2D eigenvalue weighted by atomic mass is 9.98. The monoisotopic (exact) mass is 858 g/mol. The van der Waals surface area contributed by atoms with Gasteiger partial charge in [-0.05, 0) is 19.3 Å². The Morgan fingerprint density at radius 3 is 1.25 bits per heavy atom. The lowest BCUT2D eigenvalue weighted by molar-refractivity contribution is -0.302. The first-order valence-electron chi connectivity index (χ1n) is 25.8.